The summed E-state index contributed by atoms with van der Waals surface area (Å²) in [6.45, 7) is 0. The van der Waals surface area contributed by atoms with Gasteiger partial charge in [-0.15, -0.1) is 0 Å². The smallest absolute Gasteiger partial charge is 0.305 e. The molecule has 0 aliphatic heterocycles. The molecule has 0 N–H and O–H groups in total. The SMILES string of the molecule is COC(=O)CCCS(=O)(=O)c1cccc2ncc(OC)cc12. The van der Waals surface area contributed by atoms with Crippen LogP contribution >= 0.6 is 0 Å². The number of carbonyl (C=O) groups is 1. The number of esters is 1. The van der Waals surface area contributed by atoms with Gasteiger partial charge in [-0.25, -0.2) is 8.42 Å². The molecule has 0 saturated heterocycles. The molecule has 0 bridgehead atoms. The second kappa shape index (κ2) is 6.74. The molecule has 6 nitrogen and oxygen atoms in total. The van der Waals surface area contributed by atoms with Crippen molar-refractivity contribution < 1.29 is 22.7 Å². The quantitative estimate of drug-likeness (QED) is 0.756. The van der Waals surface area contributed by atoms with Gasteiger partial charge in [0.2, 0.25) is 0 Å². The Bertz CT molecular complexity index is 786. The van der Waals surface area contributed by atoms with Gasteiger partial charge in [-0.1, -0.05) is 6.07 Å². The Hall–Kier alpha value is -2.15. The van der Waals surface area contributed by atoms with E-state index in [1.54, 1.807) is 18.2 Å². The van der Waals surface area contributed by atoms with Gasteiger partial charge in [-0.2, -0.15) is 0 Å². The summed E-state index contributed by atoms with van der Waals surface area (Å²) in [4.78, 5) is 15.5. The topological polar surface area (TPSA) is 82.6 Å². The lowest BCUT2D eigenvalue weighted by atomic mass is 10.2. The van der Waals surface area contributed by atoms with E-state index in [0.29, 0.717) is 16.7 Å². The van der Waals surface area contributed by atoms with Crippen LogP contribution in [0.3, 0.4) is 0 Å². The maximum atomic E-state index is 12.5. The van der Waals surface area contributed by atoms with Crippen LogP contribution in [0.2, 0.25) is 0 Å². The lowest BCUT2D eigenvalue weighted by molar-refractivity contribution is -0.140. The highest BCUT2D eigenvalue weighted by atomic mass is 32.2. The zero-order valence-corrected chi connectivity index (χ0v) is 13.2. The molecule has 22 heavy (non-hydrogen) atoms. The minimum absolute atomic E-state index is 0.0715. The van der Waals surface area contributed by atoms with Crippen molar-refractivity contribution >= 4 is 26.7 Å². The molecule has 0 aliphatic carbocycles. The molecule has 0 aliphatic rings. The van der Waals surface area contributed by atoms with Crippen molar-refractivity contribution in [1.29, 1.82) is 0 Å². The highest BCUT2D eigenvalue weighted by Gasteiger charge is 2.18. The number of aromatic nitrogens is 1. The van der Waals surface area contributed by atoms with Crippen LogP contribution < -0.4 is 4.74 Å². The third-order valence-electron chi connectivity index (χ3n) is 3.25. The van der Waals surface area contributed by atoms with Crippen LogP contribution in [0.25, 0.3) is 10.9 Å². The van der Waals surface area contributed by atoms with Crippen molar-refractivity contribution in [2.24, 2.45) is 0 Å². The van der Waals surface area contributed by atoms with Crippen LogP contribution in [-0.2, 0) is 19.4 Å². The first-order valence-corrected chi connectivity index (χ1v) is 8.35. The fourth-order valence-corrected chi connectivity index (χ4v) is 3.63. The number of hydrogen-bond donors (Lipinski definition) is 0. The van der Waals surface area contributed by atoms with Crippen molar-refractivity contribution in [3.63, 3.8) is 0 Å². The van der Waals surface area contributed by atoms with Gasteiger partial charge in [-0.3, -0.25) is 9.78 Å². The third kappa shape index (κ3) is 3.54. The van der Waals surface area contributed by atoms with Crippen molar-refractivity contribution in [2.75, 3.05) is 20.0 Å². The average Bonchev–Trinajstić information content (AvgIpc) is 2.53. The van der Waals surface area contributed by atoms with E-state index in [2.05, 4.69) is 9.72 Å². The molecule has 0 amide bonds. The third-order valence-corrected chi connectivity index (χ3v) is 5.11. The minimum atomic E-state index is -3.52. The maximum absolute atomic E-state index is 12.5. The Morgan fingerprint density at radius 1 is 1.27 bits per heavy atom. The van der Waals surface area contributed by atoms with Crippen LogP contribution in [0.1, 0.15) is 12.8 Å². The Labute approximate surface area is 129 Å². The number of nitrogens with zero attached hydrogens (tertiary/aromatic N) is 1. The van der Waals surface area contributed by atoms with Crippen molar-refractivity contribution in [1.82, 2.24) is 4.98 Å². The zero-order chi connectivity index (χ0) is 16.2. The molecule has 0 unspecified atom stereocenters. The summed E-state index contributed by atoms with van der Waals surface area (Å²) >= 11 is 0. The molecule has 7 heteroatoms. The van der Waals surface area contributed by atoms with Crippen LogP contribution in [0.5, 0.6) is 5.75 Å². The maximum Gasteiger partial charge on any atom is 0.305 e. The Morgan fingerprint density at radius 2 is 2.05 bits per heavy atom. The monoisotopic (exact) mass is 323 g/mol. The second-order valence-corrected chi connectivity index (χ2v) is 6.77. The van der Waals surface area contributed by atoms with Crippen molar-refractivity contribution in [2.45, 2.75) is 17.7 Å². The summed E-state index contributed by atoms with van der Waals surface area (Å²) in [5.74, 6) is -0.0560. The number of rotatable bonds is 6. The average molecular weight is 323 g/mol. The fraction of sp³-hybridized carbons (Fsp3) is 0.333. The summed E-state index contributed by atoms with van der Waals surface area (Å²) in [5, 5.41) is 0.514. The Kier molecular flexibility index (Phi) is 4.97. The highest BCUT2D eigenvalue weighted by molar-refractivity contribution is 7.91. The first kappa shape index (κ1) is 16.2. The van der Waals surface area contributed by atoms with E-state index in [9.17, 15) is 13.2 Å². The van der Waals surface area contributed by atoms with Gasteiger partial charge < -0.3 is 9.47 Å². The molecule has 1 aromatic carbocycles. The van der Waals surface area contributed by atoms with E-state index in [1.165, 1.54) is 26.5 Å². The van der Waals surface area contributed by atoms with Gasteiger partial charge in [0, 0.05) is 11.8 Å². The van der Waals surface area contributed by atoms with E-state index in [1.807, 2.05) is 0 Å². The number of sulfone groups is 1. The number of pyridine rings is 1. The number of ether oxygens (including phenoxy) is 2. The number of fused-ring (bicyclic) bond motifs is 1. The molecule has 118 valence electrons. The number of hydrogen-bond acceptors (Lipinski definition) is 6. The van der Waals surface area contributed by atoms with Crippen LogP contribution in [0, 0.1) is 0 Å². The normalized spacial score (nSPS) is 11.4. The highest BCUT2D eigenvalue weighted by Crippen LogP contribution is 2.26. The van der Waals surface area contributed by atoms with E-state index in [-0.39, 0.29) is 23.5 Å². The Morgan fingerprint density at radius 3 is 2.73 bits per heavy atom. The summed E-state index contributed by atoms with van der Waals surface area (Å²) in [6, 6.07) is 6.57. The van der Waals surface area contributed by atoms with Crippen LogP contribution in [-0.4, -0.2) is 39.3 Å². The Balaban J connectivity index is 2.34. The molecule has 2 rings (SSSR count). The molecular formula is C15H17NO5S. The second-order valence-electron chi connectivity index (χ2n) is 4.70. The summed E-state index contributed by atoms with van der Waals surface area (Å²) < 4.78 is 34.6. The number of carbonyl (C=O) groups excluding carboxylic acids is 1. The largest absolute Gasteiger partial charge is 0.495 e. The first-order valence-electron chi connectivity index (χ1n) is 6.70. The van der Waals surface area contributed by atoms with E-state index >= 15 is 0 Å². The zero-order valence-electron chi connectivity index (χ0n) is 12.4. The number of benzene rings is 1. The van der Waals surface area contributed by atoms with E-state index in [4.69, 9.17) is 4.74 Å². The lowest BCUT2D eigenvalue weighted by Gasteiger charge is -2.09. The molecule has 0 saturated carbocycles. The van der Waals surface area contributed by atoms with Crippen molar-refractivity contribution in [3.05, 3.63) is 30.5 Å². The first-order chi connectivity index (χ1) is 10.5. The van der Waals surface area contributed by atoms with Gasteiger partial charge in [0.15, 0.2) is 9.84 Å². The summed E-state index contributed by atoms with van der Waals surface area (Å²) in [5.41, 5.74) is 0.579. The lowest BCUT2D eigenvalue weighted by Crippen LogP contribution is -2.10. The molecular weight excluding hydrogens is 306 g/mol. The predicted molar refractivity (Wildman–Crippen MR) is 81.6 cm³/mol. The molecule has 1 aromatic heterocycles. The van der Waals surface area contributed by atoms with Gasteiger partial charge in [0.25, 0.3) is 0 Å². The van der Waals surface area contributed by atoms with Gasteiger partial charge in [0.1, 0.15) is 5.75 Å². The molecule has 0 fully saturated rings. The van der Waals surface area contributed by atoms with E-state index in [0.717, 1.165) is 0 Å². The van der Waals surface area contributed by atoms with Crippen molar-refractivity contribution in [3.8, 4) is 5.75 Å². The van der Waals surface area contributed by atoms with Gasteiger partial charge in [-0.05, 0) is 24.6 Å². The number of methoxy groups -OCH3 is 2. The van der Waals surface area contributed by atoms with Crippen LogP contribution in [0.4, 0.5) is 0 Å². The van der Waals surface area contributed by atoms with E-state index < -0.39 is 15.8 Å². The van der Waals surface area contributed by atoms with Crippen LogP contribution in [0.15, 0.2) is 35.4 Å². The van der Waals surface area contributed by atoms with Gasteiger partial charge >= 0.3 is 5.97 Å². The van der Waals surface area contributed by atoms with Gasteiger partial charge in [0.05, 0.1) is 36.6 Å². The summed E-state index contributed by atoms with van der Waals surface area (Å²) in [6.07, 6.45) is 1.82. The predicted octanol–water partition coefficient (Wildman–Crippen LogP) is 1.97. The standard InChI is InChI=1S/C15H17NO5S/c1-20-11-9-12-13(16-10-11)5-3-6-14(12)22(18,19)8-4-7-15(17)21-2/h3,5-6,9-10H,4,7-8H2,1-2H3. The fourth-order valence-electron chi connectivity index (χ4n) is 2.10. The molecule has 1 heterocycles. The molecule has 2 aromatic rings. The molecule has 0 spiro atoms. The molecule has 0 atom stereocenters. The summed E-state index contributed by atoms with van der Waals surface area (Å²) in [7, 11) is -0.745. The minimum Gasteiger partial charge on any atom is -0.495 e. The molecule has 0 radical (unpaired) electrons.